The third-order valence-corrected chi connectivity index (χ3v) is 2.08. The van der Waals surface area contributed by atoms with Crippen molar-refractivity contribution in [3.05, 3.63) is 34.5 Å². The molecule has 0 heterocycles. The van der Waals surface area contributed by atoms with Crippen LogP contribution in [0.3, 0.4) is 0 Å². The van der Waals surface area contributed by atoms with Crippen LogP contribution in [-0.2, 0) is 0 Å². The minimum Gasteiger partial charge on any atom is -0.629 e. The molecular formula is C10H15NO. The molecule has 1 atom stereocenters. The minimum absolute atomic E-state index is 0.241. The van der Waals surface area contributed by atoms with Crippen LogP contribution in [0.5, 0.6) is 0 Å². The van der Waals surface area contributed by atoms with Gasteiger partial charge in [-0.3, -0.25) is 0 Å². The SMILES string of the molecule is CC[NH+]([O-])c1c(C)cccc1C. The highest BCUT2D eigenvalue weighted by molar-refractivity contribution is 5.45. The van der Waals surface area contributed by atoms with Crippen molar-refractivity contribution in [3.8, 4) is 0 Å². The minimum atomic E-state index is 0.241. The maximum absolute atomic E-state index is 11.5. The number of quaternary nitrogens is 1. The van der Waals surface area contributed by atoms with Gasteiger partial charge in [0.05, 0.1) is 6.54 Å². The predicted octanol–water partition coefficient (Wildman–Crippen LogP) is 1.34. The van der Waals surface area contributed by atoms with E-state index in [1.807, 2.05) is 39.0 Å². The smallest absolute Gasteiger partial charge is 0.137 e. The number of hydrogen-bond donors (Lipinski definition) is 1. The zero-order valence-electron chi connectivity index (χ0n) is 7.85. The Labute approximate surface area is 73.4 Å². The van der Waals surface area contributed by atoms with Gasteiger partial charge < -0.3 is 10.3 Å². The first-order valence-corrected chi connectivity index (χ1v) is 4.26. The Bertz CT molecular complexity index is 250. The van der Waals surface area contributed by atoms with E-state index >= 15 is 0 Å². The molecule has 2 heteroatoms. The summed E-state index contributed by atoms with van der Waals surface area (Å²) < 4.78 is 0. The van der Waals surface area contributed by atoms with Gasteiger partial charge in [-0.1, -0.05) is 18.2 Å². The fourth-order valence-corrected chi connectivity index (χ4v) is 1.43. The summed E-state index contributed by atoms with van der Waals surface area (Å²) in [6, 6.07) is 5.95. The number of para-hydroxylation sites is 1. The largest absolute Gasteiger partial charge is 0.629 e. The molecule has 1 aromatic carbocycles. The lowest BCUT2D eigenvalue weighted by Gasteiger charge is -2.23. The van der Waals surface area contributed by atoms with E-state index in [1.165, 1.54) is 0 Å². The normalized spacial score (nSPS) is 13.0. The van der Waals surface area contributed by atoms with Crippen molar-refractivity contribution in [3.63, 3.8) is 0 Å². The molecule has 2 nitrogen and oxygen atoms in total. The van der Waals surface area contributed by atoms with Gasteiger partial charge in [-0.25, -0.2) is 0 Å². The highest BCUT2D eigenvalue weighted by Gasteiger charge is 2.07. The van der Waals surface area contributed by atoms with Crippen LogP contribution >= 0.6 is 0 Å². The Hall–Kier alpha value is -0.860. The summed E-state index contributed by atoms with van der Waals surface area (Å²) in [5, 5.41) is 11.7. The zero-order chi connectivity index (χ0) is 9.14. The molecule has 12 heavy (non-hydrogen) atoms. The van der Waals surface area contributed by atoms with Crippen molar-refractivity contribution >= 4 is 5.69 Å². The summed E-state index contributed by atoms with van der Waals surface area (Å²) in [4.78, 5) is 0. The van der Waals surface area contributed by atoms with E-state index in [1.54, 1.807) is 0 Å². The lowest BCUT2D eigenvalue weighted by molar-refractivity contribution is -0.774. The van der Waals surface area contributed by atoms with Gasteiger partial charge in [-0.2, -0.15) is 0 Å². The third-order valence-electron chi connectivity index (χ3n) is 2.08. The average molecular weight is 165 g/mol. The quantitative estimate of drug-likeness (QED) is 0.658. The molecule has 0 saturated carbocycles. The first kappa shape index (κ1) is 9.23. The van der Waals surface area contributed by atoms with Crippen LogP contribution in [0.25, 0.3) is 0 Å². The van der Waals surface area contributed by atoms with Gasteiger partial charge in [0, 0.05) is 11.1 Å². The fraction of sp³-hybridized carbons (Fsp3) is 0.400. The Balaban J connectivity index is 3.12. The van der Waals surface area contributed by atoms with Crippen molar-refractivity contribution in [2.75, 3.05) is 6.54 Å². The molecular weight excluding hydrogens is 150 g/mol. The summed E-state index contributed by atoms with van der Waals surface area (Å²) in [6.45, 7) is 6.45. The molecule has 0 spiro atoms. The van der Waals surface area contributed by atoms with Crippen LogP contribution in [0.15, 0.2) is 18.2 Å². The molecule has 1 unspecified atom stereocenters. The number of nitrogens with one attached hydrogen (secondary N) is 1. The van der Waals surface area contributed by atoms with Gasteiger partial charge in [0.15, 0.2) is 0 Å². The van der Waals surface area contributed by atoms with Crippen molar-refractivity contribution < 1.29 is 5.06 Å². The van der Waals surface area contributed by atoms with Crippen LogP contribution in [0.2, 0.25) is 0 Å². The molecule has 0 bridgehead atoms. The van der Waals surface area contributed by atoms with E-state index in [9.17, 15) is 5.21 Å². The number of hydrogen-bond acceptors (Lipinski definition) is 1. The summed E-state index contributed by atoms with van der Waals surface area (Å²) >= 11 is 0. The summed E-state index contributed by atoms with van der Waals surface area (Å²) in [5.74, 6) is 0. The van der Waals surface area contributed by atoms with Crippen molar-refractivity contribution in [1.29, 1.82) is 0 Å². The maximum atomic E-state index is 11.5. The van der Waals surface area contributed by atoms with Gasteiger partial charge in [0.2, 0.25) is 0 Å². The fourth-order valence-electron chi connectivity index (χ4n) is 1.43. The van der Waals surface area contributed by atoms with E-state index in [0.29, 0.717) is 6.54 Å². The summed E-state index contributed by atoms with van der Waals surface area (Å²) in [5.41, 5.74) is 3.07. The molecule has 0 radical (unpaired) electrons. The molecule has 66 valence electrons. The van der Waals surface area contributed by atoms with Gasteiger partial charge in [0.1, 0.15) is 5.69 Å². The summed E-state index contributed by atoms with van der Waals surface area (Å²) in [6.07, 6.45) is 0. The number of hydroxylamine groups is 1. The molecule has 0 aliphatic carbocycles. The van der Waals surface area contributed by atoms with E-state index < -0.39 is 0 Å². The van der Waals surface area contributed by atoms with Gasteiger partial charge >= 0.3 is 0 Å². The topological polar surface area (TPSA) is 27.5 Å². The third kappa shape index (κ3) is 1.65. The maximum Gasteiger partial charge on any atom is 0.137 e. The predicted molar refractivity (Wildman–Crippen MR) is 50.4 cm³/mol. The standard InChI is InChI=1S/C10H15NO/c1-4-11(12)10-8(2)6-5-7-9(10)3/h5-7,11H,4H2,1-3H3. The van der Waals surface area contributed by atoms with E-state index in [4.69, 9.17) is 0 Å². The van der Waals surface area contributed by atoms with Crippen LogP contribution in [0.1, 0.15) is 18.1 Å². The second-order valence-corrected chi connectivity index (χ2v) is 3.04. The lowest BCUT2D eigenvalue weighted by Crippen LogP contribution is -3.02. The van der Waals surface area contributed by atoms with Crippen LogP contribution in [-0.4, -0.2) is 6.54 Å². The van der Waals surface area contributed by atoms with Crippen LogP contribution < -0.4 is 5.06 Å². The van der Waals surface area contributed by atoms with E-state index in [2.05, 4.69) is 0 Å². The molecule has 0 aliphatic rings. The Kier molecular flexibility index (Phi) is 2.84. The highest BCUT2D eigenvalue weighted by Crippen LogP contribution is 2.14. The van der Waals surface area contributed by atoms with Crippen molar-refractivity contribution in [2.45, 2.75) is 20.8 Å². The second-order valence-electron chi connectivity index (χ2n) is 3.04. The Morgan fingerprint density at radius 1 is 1.25 bits per heavy atom. The Morgan fingerprint density at radius 3 is 2.17 bits per heavy atom. The molecule has 1 N–H and O–H groups in total. The monoisotopic (exact) mass is 165 g/mol. The first-order chi connectivity index (χ1) is 5.66. The van der Waals surface area contributed by atoms with Crippen molar-refractivity contribution in [2.24, 2.45) is 0 Å². The average Bonchev–Trinajstić information content (AvgIpc) is 2.03. The van der Waals surface area contributed by atoms with Gasteiger partial charge in [-0.05, 0) is 20.8 Å². The summed E-state index contributed by atoms with van der Waals surface area (Å²) in [7, 11) is 0. The molecule has 0 aliphatic heterocycles. The lowest BCUT2D eigenvalue weighted by atomic mass is 10.1. The van der Waals surface area contributed by atoms with E-state index in [-0.39, 0.29) is 5.06 Å². The number of rotatable bonds is 2. The molecule has 0 saturated heterocycles. The second kappa shape index (κ2) is 3.70. The molecule has 0 fully saturated rings. The number of aryl methyl sites for hydroxylation is 2. The Morgan fingerprint density at radius 2 is 1.75 bits per heavy atom. The van der Waals surface area contributed by atoms with Gasteiger partial charge in [-0.15, -0.1) is 0 Å². The molecule has 0 amide bonds. The van der Waals surface area contributed by atoms with Crippen LogP contribution in [0, 0.1) is 19.1 Å². The molecule has 1 aromatic rings. The number of benzene rings is 1. The van der Waals surface area contributed by atoms with Crippen LogP contribution in [0.4, 0.5) is 5.69 Å². The molecule has 0 aromatic heterocycles. The molecule has 1 rings (SSSR count). The zero-order valence-corrected chi connectivity index (χ0v) is 7.85. The highest BCUT2D eigenvalue weighted by atomic mass is 16.5. The first-order valence-electron chi connectivity index (χ1n) is 4.26. The van der Waals surface area contributed by atoms with Crippen molar-refractivity contribution in [1.82, 2.24) is 0 Å². The van der Waals surface area contributed by atoms with E-state index in [0.717, 1.165) is 16.8 Å². The van der Waals surface area contributed by atoms with Gasteiger partial charge in [0.25, 0.3) is 0 Å².